The zero-order chi connectivity index (χ0) is 14.6. The van der Waals surface area contributed by atoms with Gasteiger partial charge in [0.1, 0.15) is 0 Å². The number of ether oxygens (including phenoxy) is 2. The topological polar surface area (TPSA) is 18.5 Å². The highest BCUT2D eigenvalue weighted by Crippen LogP contribution is 2.60. The largest absolute Gasteiger partial charge is 0.350 e. The van der Waals surface area contributed by atoms with Crippen molar-refractivity contribution in [3.05, 3.63) is 11.6 Å². The van der Waals surface area contributed by atoms with Gasteiger partial charge < -0.3 is 9.47 Å². The summed E-state index contributed by atoms with van der Waals surface area (Å²) in [5.74, 6) is 0.888. The van der Waals surface area contributed by atoms with E-state index in [4.69, 9.17) is 9.47 Å². The van der Waals surface area contributed by atoms with Gasteiger partial charge in [0.2, 0.25) is 0 Å². The van der Waals surface area contributed by atoms with E-state index in [1.807, 2.05) is 13.8 Å². The zero-order valence-electron chi connectivity index (χ0n) is 13.8. The molecule has 1 heterocycles. The summed E-state index contributed by atoms with van der Waals surface area (Å²) < 4.78 is 12.0. The standard InChI is InChI=1S/C18H30O2/c1-16(2)9-6-10-18(5)14-12-20-17(3,4)19-11-13(14)7-8-15(16)18/h7,14-15H,6,8-12H2,1-5H3/t14?,15?,18-/m1/s1. The van der Waals surface area contributed by atoms with Crippen LogP contribution in [0.1, 0.15) is 60.3 Å². The highest BCUT2D eigenvalue weighted by atomic mass is 16.7. The Bertz CT molecular complexity index is 421. The van der Waals surface area contributed by atoms with Crippen LogP contribution in [0, 0.1) is 22.7 Å². The number of fused-ring (bicyclic) bond motifs is 3. The van der Waals surface area contributed by atoms with Crippen LogP contribution in [0.15, 0.2) is 11.6 Å². The van der Waals surface area contributed by atoms with Gasteiger partial charge in [0.25, 0.3) is 0 Å². The molecule has 1 saturated carbocycles. The molecule has 2 nitrogen and oxygen atoms in total. The third-order valence-corrected chi connectivity index (χ3v) is 6.32. The minimum atomic E-state index is -0.436. The summed E-state index contributed by atoms with van der Waals surface area (Å²) in [4.78, 5) is 0. The average molecular weight is 278 g/mol. The first-order valence-corrected chi connectivity index (χ1v) is 8.21. The molecule has 2 heteroatoms. The first-order valence-electron chi connectivity index (χ1n) is 8.21. The predicted molar refractivity (Wildman–Crippen MR) is 81.4 cm³/mol. The van der Waals surface area contributed by atoms with Crippen molar-refractivity contribution >= 4 is 0 Å². The molecule has 0 spiro atoms. The van der Waals surface area contributed by atoms with Crippen molar-refractivity contribution in [2.45, 2.75) is 66.1 Å². The molecule has 0 N–H and O–H groups in total. The molecule has 20 heavy (non-hydrogen) atoms. The van der Waals surface area contributed by atoms with E-state index in [0.29, 0.717) is 16.7 Å². The van der Waals surface area contributed by atoms with Gasteiger partial charge in [0.15, 0.2) is 5.79 Å². The van der Waals surface area contributed by atoms with E-state index in [2.05, 4.69) is 26.8 Å². The van der Waals surface area contributed by atoms with Gasteiger partial charge in [-0.3, -0.25) is 0 Å². The Labute approximate surface area is 123 Å². The molecule has 0 bridgehead atoms. The maximum Gasteiger partial charge on any atom is 0.163 e. The molecule has 2 aliphatic carbocycles. The Hall–Kier alpha value is -0.340. The molecule has 2 unspecified atom stereocenters. The normalized spacial score (nSPS) is 43.0. The van der Waals surface area contributed by atoms with E-state index in [1.54, 1.807) is 0 Å². The van der Waals surface area contributed by atoms with Crippen molar-refractivity contribution in [2.24, 2.45) is 22.7 Å². The zero-order valence-corrected chi connectivity index (χ0v) is 13.8. The quantitative estimate of drug-likeness (QED) is 0.605. The van der Waals surface area contributed by atoms with E-state index in [9.17, 15) is 0 Å². The van der Waals surface area contributed by atoms with E-state index in [0.717, 1.165) is 19.1 Å². The Morgan fingerprint density at radius 3 is 2.55 bits per heavy atom. The van der Waals surface area contributed by atoms with Crippen LogP contribution in [0.3, 0.4) is 0 Å². The predicted octanol–water partition coefficient (Wildman–Crippen LogP) is 4.55. The van der Waals surface area contributed by atoms with Crippen molar-refractivity contribution in [3.63, 3.8) is 0 Å². The molecule has 0 aromatic carbocycles. The fourth-order valence-electron chi connectivity index (χ4n) is 5.05. The molecule has 3 rings (SSSR count). The Balaban J connectivity index is 1.94. The molecule has 114 valence electrons. The lowest BCUT2D eigenvalue weighted by atomic mass is 9.49. The highest BCUT2D eigenvalue weighted by molar-refractivity contribution is 5.21. The molecule has 2 fully saturated rings. The first kappa shape index (κ1) is 14.6. The van der Waals surface area contributed by atoms with E-state index < -0.39 is 5.79 Å². The van der Waals surface area contributed by atoms with Crippen LogP contribution in [0.2, 0.25) is 0 Å². The summed E-state index contributed by atoms with van der Waals surface area (Å²) in [5.41, 5.74) is 2.33. The van der Waals surface area contributed by atoms with Crippen LogP contribution in [0.5, 0.6) is 0 Å². The molecular weight excluding hydrogens is 248 g/mol. The molecule has 0 radical (unpaired) electrons. The smallest absolute Gasteiger partial charge is 0.163 e. The maximum atomic E-state index is 6.08. The summed E-state index contributed by atoms with van der Waals surface area (Å²) in [6, 6.07) is 0. The molecule has 0 aromatic rings. The monoisotopic (exact) mass is 278 g/mol. The fraction of sp³-hybridized carbons (Fsp3) is 0.889. The van der Waals surface area contributed by atoms with Crippen LogP contribution in [-0.4, -0.2) is 19.0 Å². The van der Waals surface area contributed by atoms with Crippen LogP contribution >= 0.6 is 0 Å². The summed E-state index contributed by atoms with van der Waals surface area (Å²) in [6.07, 6.45) is 7.75. The highest BCUT2D eigenvalue weighted by Gasteiger charge is 2.53. The van der Waals surface area contributed by atoms with Gasteiger partial charge in [-0.15, -0.1) is 0 Å². The van der Waals surface area contributed by atoms with Gasteiger partial charge in [0, 0.05) is 5.92 Å². The number of rotatable bonds is 0. The first-order chi connectivity index (χ1) is 9.25. The van der Waals surface area contributed by atoms with Crippen LogP contribution in [0.25, 0.3) is 0 Å². The number of hydrogen-bond donors (Lipinski definition) is 0. The van der Waals surface area contributed by atoms with E-state index >= 15 is 0 Å². The van der Waals surface area contributed by atoms with Gasteiger partial charge in [-0.2, -0.15) is 0 Å². The second-order valence-corrected chi connectivity index (χ2v) is 8.47. The third-order valence-electron chi connectivity index (χ3n) is 6.32. The Morgan fingerprint density at radius 1 is 1.05 bits per heavy atom. The van der Waals surface area contributed by atoms with Gasteiger partial charge in [-0.1, -0.05) is 33.3 Å². The lowest BCUT2D eigenvalue weighted by Gasteiger charge is -2.56. The second-order valence-electron chi connectivity index (χ2n) is 8.47. The third kappa shape index (κ3) is 2.25. The Morgan fingerprint density at radius 2 is 1.80 bits per heavy atom. The minimum Gasteiger partial charge on any atom is -0.350 e. The average Bonchev–Trinajstić information content (AvgIpc) is 2.48. The molecule has 1 aliphatic heterocycles. The van der Waals surface area contributed by atoms with Crippen molar-refractivity contribution in [1.29, 1.82) is 0 Å². The van der Waals surface area contributed by atoms with Gasteiger partial charge in [-0.05, 0) is 55.4 Å². The molecular formula is C18H30O2. The Kier molecular flexibility index (Phi) is 3.34. The second kappa shape index (κ2) is 4.58. The lowest BCUT2D eigenvalue weighted by Crippen LogP contribution is -2.50. The van der Waals surface area contributed by atoms with Gasteiger partial charge in [-0.25, -0.2) is 0 Å². The van der Waals surface area contributed by atoms with Crippen molar-refractivity contribution in [1.82, 2.24) is 0 Å². The van der Waals surface area contributed by atoms with Crippen molar-refractivity contribution in [3.8, 4) is 0 Å². The van der Waals surface area contributed by atoms with Crippen molar-refractivity contribution < 1.29 is 9.47 Å². The van der Waals surface area contributed by atoms with Gasteiger partial charge in [0.05, 0.1) is 13.2 Å². The lowest BCUT2D eigenvalue weighted by molar-refractivity contribution is -0.204. The SMILES string of the molecule is CC1(C)OCC2=CCC3C(C)(C)CCC[C@]3(C)C2CO1. The summed E-state index contributed by atoms with van der Waals surface area (Å²) >= 11 is 0. The molecule has 3 atom stereocenters. The summed E-state index contributed by atoms with van der Waals surface area (Å²) in [7, 11) is 0. The molecule has 1 saturated heterocycles. The summed E-state index contributed by atoms with van der Waals surface area (Å²) in [6.45, 7) is 13.1. The number of allylic oxidation sites excluding steroid dienone is 1. The van der Waals surface area contributed by atoms with Crippen LogP contribution in [0.4, 0.5) is 0 Å². The van der Waals surface area contributed by atoms with E-state index in [-0.39, 0.29) is 0 Å². The maximum absolute atomic E-state index is 6.08. The number of hydrogen-bond acceptors (Lipinski definition) is 2. The van der Waals surface area contributed by atoms with Gasteiger partial charge >= 0.3 is 0 Å². The van der Waals surface area contributed by atoms with Crippen molar-refractivity contribution in [2.75, 3.05) is 13.2 Å². The molecule has 0 amide bonds. The molecule has 0 aromatic heterocycles. The van der Waals surface area contributed by atoms with Crippen LogP contribution in [-0.2, 0) is 9.47 Å². The minimum absolute atomic E-state index is 0.385. The molecule has 3 aliphatic rings. The fourth-order valence-corrected chi connectivity index (χ4v) is 5.05. The van der Waals surface area contributed by atoms with E-state index in [1.165, 1.54) is 31.3 Å². The summed E-state index contributed by atoms with van der Waals surface area (Å²) in [5, 5.41) is 0. The van der Waals surface area contributed by atoms with Crippen LogP contribution < -0.4 is 0 Å².